The number of carbonyl (C=O) groups excluding carboxylic acids is 1. The number of hydrogen-bond acceptors (Lipinski definition) is 6. The molecular formula is C23H28N5O2S+. The second-order valence-electron chi connectivity index (χ2n) is 8.87. The zero-order valence-electron chi connectivity index (χ0n) is 18.7. The Bertz CT molecular complexity index is 1180. The van der Waals surface area contributed by atoms with Crippen molar-refractivity contribution in [2.75, 3.05) is 5.73 Å². The van der Waals surface area contributed by atoms with Crippen LogP contribution in [-0.2, 0) is 9.53 Å². The Balaban J connectivity index is 1.91. The van der Waals surface area contributed by atoms with E-state index in [-0.39, 0.29) is 12.4 Å². The van der Waals surface area contributed by atoms with Gasteiger partial charge in [0.1, 0.15) is 5.60 Å². The molecule has 162 valence electrons. The molecule has 0 fully saturated rings. The molecular weight excluding hydrogens is 410 g/mol. The zero-order chi connectivity index (χ0) is 22.5. The first-order valence-electron chi connectivity index (χ1n) is 10.3. The van der Waals surface area contributed by atoms with Crippen molar-refractivity contribution < 1.29 is 14.1 Å². The summed E-state index contributed by atoms with van der Waals surface area (Å²) in [7, 11) is 0. The van der Waals surface area contributed by atoms with E-state index in [0.717, 1.165) is 27.7 Å². The summed E-state index contributed by atoms with van der Waals surface area (Å²) in [6, 6.07) is 7.21. The maximum Gasteiger partial charge on any atom is 0.309 e. The maximum absolute atomic E-state index is 12.7. The second kappa shape index (κ2) is 7.60. The number of aromatic amines is 1. The Labute approximate surface area is 186 Å². The number of hydrogen-bond donors (Lipinski definition) is 2. The van der Waals surface area contributed by atoms with Gasteiger partial charge in [0.15, 0.2) is 11.0 Å². The third kappa shape index (κ3) is 3.99. The van der Waals surface area contributed by atoms with E-state index in [0.29, 0.717) is 11.5 Å². The van der Waals surface area contributed by atoms with Gasteiger partial charge in [0.25, 0.3) is 0 Å². The number of rotatable bonds is 3. The summed E-state index contributed by atoms with van der Waals surface area (Å²) in [6.45, 7) is 11.8. The number of aliphatic imine (C=N–C) groups is 1. The third-order valence-corrected chi connectivity index (χ3v) is 6.44. The van der Waals surface area contributed by atoms with Gasteiger partial charge in [0.2, 0.25) is 5.82 Å². The van der Waals surface area contributed by atoms with Crippen LogP contribution in [0.2, 0.25) is 0 Å². The van der Waals surface area contributed by atoms with Gasteiger partial charge in [0.05, 0.1) is 17.7 Å². The van der Waals surface area contributed by atoms with Crippen LogP contribution in [0.3, 0.4) is 0 Å². The van der Waals surface area contributed by atoms with Crippen LogP contribution in [-0.4, -0.2) is 27.5 Å². The number of nitrogen functional groups attached to an aromatic ring is 1. The number of aromatic nitrogens is 3. The Kier molecular flexibility index (Phi) is 5.21. The number of H-pyrrole nitrogens is 1. The first kappa shape index (κ1) is 21.2. The predicted octanol–water partition coefficient (Wildman–Crippen LogP) is 3.88. The van der Waals surface area contributed by atoms with Crippen molar-refractivity contribution in [3.05, 3.63) is 57.5 Å². The lowest BCUT2D eigenvalue weighted by Gasteiger charge is -2.20. The molecule has 0 saturated carbocycles. The largest absolute Gasteiger partial charge is 0.460 e. The molecule has 1 aliphatic heterocycles. The smallest absolute Gasteiger partial charge is 0.309 e. The summed E-state index contributed by atoms with van der Waals surface area (Å²) in [4.78, 5) is 19.0. The number of esters is 1. The number of nitrogens with zero attached hydrogens (tertiary/aromatic N) is 3. The van der Waals surface area contributed by atoms with Gasteiger partial charge in [-0.05, 0) is 52.3 Å². The maximum atomic E-state index is 12.7. The molecule has 0 unspecified atom stereocenters. The van der Waals surface area contributed by atoms with Crippen LogP contribution >= 0.6 is 11.3 Å². The standard InChI is InChI=1S/C23H27N5O2S/c1-12-13(2)31-22-19(12)20(15-7-9-16(24)10-8-15)25-17(11-18(29)30-23(4,5)6)21-27-26-14(3)28(21)22/h7-10,17H,11H2,1-6H3,(H2,24,25)/p+1/t17-/m0/s1. The van der Waals surface area contributed by atoms with E-state index in [9.17, 15) is 4.79 Å². The summed E-state index contributed by atoms with van der Waals surface area (Å²) < 4.78 is 7.68. The van der Waals surface area contributed by atoms with Gasteiger partial charge < -0.3 is 10.5 Å². The first-order chi connectivity index (χ1) is 14.5. The minimum Gasteiger partial charge on any atom is -0.460 e. The van der Waals surface area contributed by atoms with Gasteiger partial charge in [-0.25, -0.2) is 0 Å². The molecule has 3 aromatic rings. The van der Waals surface area contributed by atoms with E-state index >= 15 is 0 Å². The van der Waals surface area contributed by atoms with Gasteiger partial charge in [-0.2, -0.15) is 4.57 Å². The molecule has 3 N–H and O–H groups in total. The van der Waals surface area contributed by atoms with Crippen molar-refractivity contribution in [2.24, 2.45) is 4.99 Å². The molecule has 3 heterocycles. The summed E-state index contributed by atoms with van der Waals surface area (Å²) in [6.07, 6.45) is 0.104. The highest BCUT2D eigenvalue weighted by Crippen LogP contribution is 2.35. The normalized spacial score (nSPS) is 15.7. The highest BCUT2D eigenvalue weighted by Gasteiger charge is 2.37. The van der Waals surface area contributed by atoms with Crippen LogP contribution < -0.4 is 10.3 Å². The van der Waals surface area contributed by atoms with E-state index in [1.165, 1.54) is 10.4 Å². The van der Waals surface area contributed by atoms with Crippen molar-refractivity contribution in [3.63, 3.8) is 0 Å². The van der Waals surface area contributed by atoms with Crippen LogP contribution in [0.4, 0.5) is 5.69 Å². The molecule has 0 spiro atoms. The fourth-order valence-electron chi connectivity index (χ4n) is 3.75. The van der Waals surface area contributed by atoms with E-state index in [4.69, 9.17) is 15.5 Å². The molecule has 0 bridgehead atoms. The van der Waals surface area contributed by atoms with E-state index < -0.39 is 11.6 Å². The third-order valence-electron chi connectivity index (χ3n) is 5.25. The first-order valence-corrected chi connectivity index (χ1v) is 11.1. The molecule has 1 atom stereocenters. The molecule has 4 rings (SSSR count). The van der Waals surface area contributed by atoms with Gasteiger partial charge in [0, 0.05) is 28.2 Å². The average Bonchev–Trinajstić information content (AvgIpc) is 3.14. The SMILES string of the molecule is Cc1sc2c(c1C)C(c1ccc(N)cc1)=N[C@@H](CC(=O)OC(C)(C)C)c1n[nH]c(C)[n+]1-2. The number of thiophene rings is 1. The van der Waals surface area contributed by atoms with E-state index in [2.05, 4.69) is 28.6 Å². The summed E-state index contributed by atoms with van der Waals surface area (Å²) in [5.74, 6) is 1.29. The van der Waals surface area contributed by atoms with Crippen molar-refractivity contribution >= 4 is 28.7 Å². The fourth-order valence-corrected chi connectivity index (χ4v) is 4.97. The van der Waals surface area contributed by atoms with Crippen LogP contribution in [0.5, 0.6) is 0 Å². The lowest BCUT2D eigenvalue weighted by Crippen LogP contribution is -2.37. The molecule has 0 radical (unpaired) electrons. The minimum atomic E-state index is -0.560. The highest BCUT2D eigenvalue weighted by atomic mass is 32.1. The van der Waals surface area contributed by atoms with Crippen LogP contribution in [0.25, 0.3) is 5.00 Å². The Morgan fingerprint density at radius 3 is 2.55 bits per heavy atom. The number of carbonyl (C=O) groups is 1. The molecule has 0 amide bonds. The fraction of sp³-hybridized carbons (Fsp3) is 0.391. The quantitative estimate of drug-likeness (QED) is 0.368. The van der Waals surface area contributed by atoms with Crippen LogP contribution in [0.1, 0.15) is 66.5 Å². The number of anilines is 1. The second-order valence-corrected chi connectivity index (χ2v) is 10.1. The molecule has 8 heteroatoms. The number of nitrogens with one attached hydrogen (secondary N) is 1. The zero-order valence-corrected chi connectivity index (χ0v) is 19.6. The number of aryl methyl sites for hydroxylation is 2. The lowest BCUT2D eigenvalue weighted by atomic mass is 9.99. The average molecular weight is 439 g/mol. The Morgan fingerprint density at radius 2 is 1.90 bits per heavy atom. The Hall–Kier alpha value is -3.00. The Morgan fingerprint density at radius 1 is 1.23 bits per heavy atom. The topological polar surface area (TPSA) is 97.2 Å². The van der Waals surface area contributed by atoms with E-state index in [1.807, 2.05) is 52.0 Å². The molecule has 0 aliphatic carbocycles. The molecule has 0 saturated heterocycles. The monoisotopic (exact) mass is 438 g/mol. The van der Waals surface area contributed by atoms with Crippen LogP contribution in [0, 0.1) is 20.8 Å². The van der Waals surface area contributed by atoms with E-state index in [1.54, 1.807) is 11.3 Å². The lowest BCUT2D eigenvalue weighted by molar-refractivity contribution is -0.608. The molecule has 7 nitrogen and oxygen atoms in total. The predicted molar refractivity (Wildman–Crippen MR) is 122 cm³/mol. The number of ether oxygens (including phenoxy) is 1. The van der Waals surface area contributed by atoms with Crippen molar-refractivity contribution in [1.29, 1.82) is 0 Å². The number of nitrogens with two attached hydrogens (primary N) is 1. The van der Waals surface area contributed by atoms with Gasteiger partial charge in [-0.1, -0.05) is 12.1 Å². The minimum absolute atomic E-state index is 0.104. The highest BCUT2D eigenvalue weighted by molar-refractivity contribution is 7.14. The molecule has 1 aromatic carbocycles. The molecule has 1 aliphatic rings. The molecule has 2 aromatic heterocycles. The van der Waals surface area contributed by atoms with Gasteiger partial charge in [-0.15, -0.1) is 16.4 Å². The number of benzene rings is 1. The summed E-state index contributed by atoms with van der Waals surface area (Å²) in [5.41, 5.74) is 10.1. The number of fused-ring (bicyclic) bond motifs is 3. The van der Waals surface area contributed by atoms with Gasteiger partial charge >= 0.3 is 11.8 Å². The summed E-state index contributed by atoms with van der Waals surface area (Å²) >= 11 is 1.71. The summed E-state index contributed by atoms with van der Waals surface area (Å²) in [5, 5.41) is 8.66. The van der Waals surface area contributed by atoms with Gasteiger partial charge in [-0.3, -0.25) is 9.79 Å². The van der Waals surface area contributed by atoms with Crippen molar-refractivity contribution in [3.8, 4) is 5.00 Å². The molecule has 31 heavy (non-hydrogen) atoms. The van der Waals surface area contributed by atoms with Crippen molar-refractivity contribution in [2.45, 2.75) is 59.6 Å². The van der Waals surface area contributed by atoms with Crippen LogP contribution in [0.15, 0.2) is 29.3 Å². The van der Waals surface area contributed by atoms with Crippen molar-refractivity contribution in [1.82, 2.24) is 10.2 Å².